The van der Waals surface area contributed by atoms with Crippen molar-refractivity contribution in [2.75, 3.05) is 6.61 Å². The van der Waals surface area contributed by atoms with Crippen LogP contribution >= 0.6 is 0 Å². The number of aryl methyl sites for hydroxylation is 1. The van der Waals surface area contributed by atoms with Crippen molar-refractivity contribution in [1.82, 2.24) is 4.98 Å². The number of carbonyl (C=O) groups is 3. The topological polar surface area (TPSA) is 76.2 Å². The summed E-state index contributed by atoms with van der Waals surface area (Å²) in [6.07, 6.45) is -0.119. The van der Waals surface area contributed by atoms with Gasteiger partial charge in [0.2, 0.25) is 5.78 Å². The maximum atomic E-state index is 13.1. The number of aromatic nitrogens is 1. The van der Waals surface area contributed by atoms with E-state index in [0.717, 1.165) is 0 Å². The van der Waals surface area contributed by atoms with E-state index in [1.165, 1.54) is 25.1 Å². The van der Waals surface area contributed by atoms with Gasteiger partial charge in [-0.2, -0.15) is 0 Å². The molecule has 0 bridgehead atoms. The second-order valence-electron chi connectivity index (χ2n) is 5.57. The fourth-order valence-electron chi connectivity index (χ4n) is 2.64. The number of H-pyrrole nitrogens is 1. The molecule has 1 N–H and O–H groups in total. The number of benzene rings is 1. The van der Waals surface area contributed by atoms with Crippen LogP contribution in [0.1, 0.15) is 44.6 Å². The van der Waals surface area contributed by atoms with Crippen LogP contribution in [0.15, 0.2) is 24.3 Å². The molecule has 0 saturated carbocycles. The average molecular weight is 331 g/mol. The first-order valence-electron chi connectivity index (χ1n) is 7.43. The van der Waals surface area contributed by atoms with Crippen molar-refractivity contribution in [2.24, 2.45) is 0 Å². The maximum Gasteiger partial charge on any atom is 0.310 e. The number of aromatic amines is 1. The molecular weight excluding hydrogens is 313 g/mol. The highest BCUT2D eigenvalue weighted by Crippen LogP contribution is 2.19. The van der Waals surface area contributed by atoms with Gasteiger partial charge < -0.3 is 9.72 Å². The molecule has 0 aliphatic heterocycles. The van der Waals surface area contributed by atoms with E-state index in [4.69, 9.17) is 4.74 Å². The molecule has 0 aliphatic rings. The molecule has 0 aliphatic carbocycles. The molecule has 2 rings (SSSR count). The van der Waals surface area contributed by atoms with Crippen LogP contribution in [0.4, 0.5) is 4.39 Å². The van der Waals surface area contributed by atoms with E-state index in [0.29, 0.717) is 22.4 Å². The van der Waals surface area contributed by atoms with Gasteiger partial charge in [0, 0.05) is 11.3 Å². The highest BCUT2D eigenvalue weighted by molar-refractivity contribution is 6.04. The second-order valence-corrected chi connectivity index (χ2v) is 5.57. The fraction of sp³-hybridized carbons (Fsp3) is 0.278. The lowest BCUT2D eigenvalue weighted by Gasteiger charge is -2.05. The SMILES string of the molecule is CC(=O)c1c(C)[nH]c(C(=O)COC(=O)Cc2cccc(F)c2)c1C. The predicted octanol–water partition coefficient (Wildman–Crippen LogP) is 2.94. The Kier molecular flexibility index (Phi) is 5.28. The molecular formula is C18H18FNO4. The first-order chi connectivity index (χ1) is 11.3. The zero-order valence-electron chi connectivity index (χ0n) is 13.7. The van der Waals surface area contributed by atoms with Crippen LogP contribution in [-0.4, -0.2) is 29.1 Å². The molecule has 0 fully saturated rings. The standard InChI is InChI=1S/C18H18FNO4/c1-10-17(12(3)21)11(2)20-18(10)15(22)9-24-16(23)8-13-5-4-6-14(19)7-13/h4-7,20H,8-9H2,1-3H3. The van der Waals surface area contributed by atoms with Gasteiger partial charge in [0.25, 0.3) is 0 Å². The molecule has 0 radical (unpaired) electrons. The zero-order chi connectivity index (χ0) is 17.9. The summed E-state index contributed by atoms with van der Waals surface area (Å²) in [6.45, 7) is 4.36. The van der Waals surface area contributed by atoms with Crippen LogP contribution in [0.5, 0.6) is 0 Å². The number of ketones is 2. The number of nitrogens with one attached hydrogen (secondary N) is 1. The summed E-state index contributed by atoms with van der Waals surface area (Å²) in [5.41, 5.74) is 2.36. The Balaban J connectivity index is 1.99. The van der Waals surface area contributed by atoms with Gasteiger partial charge >= 0.3 is 5.97 Å². The largest absolute Gasteiger partial charge is 0.457 e. The van der Waals surface area contributed by atoms with Crippen molar-refractivity contribution in [3.8, 4) is 0 Å². The Morgan fingerprint density at radius 1 is 1.21 bits per heavy atom. The molecule has 0 saturated heterocycles. The van der Waals surface area contributed by atoms with Crippen molar-refractivity contribution in [1.29, 1.82) is 0 Å². The molecule has 5 nitrogen and oxygen atoms in total. The average Bonchev–Trinajstić information content (AvgIpc) is 2.79. The molecule has 0 spiro atoms. The Labute approximate surface area is 138 Å². The molecule has 1 aromatic carbocycles. The quantitative estimate of drug-likeness (QED) is 0.652. The van der Waals surface area contributed by atoms with E-state index in [1.54, 1.807) is 19.9 Å². The van der Waals surface area contributed by atoms with E-state index in [-0.39, 0.29) is 17.9 Å². The summed E-state index contributed by atoms with van der Waals surface area (Å²) >= 11 is 0. The van der Waals surface area contributed by atoms with Crippen molar-refractivity contribution in [2.45, 2.75) is 27.2 Å². The number of halogens is 1. The number of hydrogen-bond donors (Lipinski definition) is 1. The predicted molar refractivity (Wildman–Crippen MR) is 85.7 cm³/mol. The third-order valence-electron chi connectivity index (χ3n) is 3.67. The zero-order valence-corrected chi connectivity index (χ0v) is 13.7. The summed E-state index contributed by atoms with van der Waals surface area (Å²) < 4.78 is 18.0. The molecule has 6 heteroatoms. The van der Waals surface area contributed by atoms with Gasteiger partial charge in [-0.25, -0.2) is 4.39 Å². The number of esters is 1. The summed E-state index contributed by atoms with van der Waals surface area (Å²) in [5, 5.41) is 0. The Morgan fingerprint density at radius 2 is 1.92 bits per heavy atom. The van der Waals surface area contributed by atoms with Gasteiger partial charge in [0.15, 0.2) is 12.4 Å². The van der Waals surface area contributed by atoms with Gasteiger partial charge in [-0.1, -0.05) is 12.1 Å². The molecule has 0 atom stereocenters. The number of ether oxygens (including phenoxy) is 1. The van der Waals surface area contributed by atoms with Gasteiger partial charge in [-0.05, 0) is 44.0 Å². The second kappa shape index (κ2) is 7.21. The number of rotatable bonds is 6. The van der Waals surface area contributed by atoms with Gasteiger partial charge in [-0.15, -0.1) is 0 Å². The van der Waals surface area contributed by atoms with Crippen LogP contribution in [0.2, 0.25) is 0 Å². The van der Waals surface area contributed by atoms with Crippen molar-refractivity contribution in [3.05, 3.63) is 58.2 Å². The van der Waals surface area contributed by atoms with E-state index in [9.17, 15) is 18.8 Å². The van der Waals surface area contributed by atoms with Crippen LogP contribution in [0.3, 0.4) is 0 Å². The molecule has 0 amide bonds. The highest BCUT2D eigenvalue weighted by atomic mass is 19.1. The van der Waals surface area contributed by atoms with Crippen molar-refractivity contribution >= 4 is 17.5 Å². The molecule has 24 heavy (non-hydrogen) atoms. The van der Waals surface area contributed by atoms with Crippen LogP contribution < -0.4 is 0 Å². The minimum atomic E-state index is -0.623. The first kappa shape index (κ1) is 17.6. The molecule has 2 aromatic rings. The van der Waals surface area contributed by atoms with Gasteiger partial charge in [0.05, 0.1) is 12.1 Å². The summed E-state index contributed by atoms with van der Waals surface area (Å²) in [5.74, 6) is -1.62. The van der Waals surface area contributed by atoms with E-state index >= 15 is 0 Å². The number of hydrogen-bond acceptors (Lipinski definition) is 4. The number of carbonyl (C=O) groups excluding carboxylic acids is 3. The molecule has 1 aromatic heterocycles. The fourth-order valence-corrected chi connectivity index (χ4v) is 2.64. The monoisotopic (exact) mass is 331 g/mol. The summed E-state index contributed by atoms with van der Waals surface area (Å²) in [7, 11) is 0. The summed E-state index contributed by atoms with van der Waals surface area (Å²) in [4.78, 5) is 38.4. The maximum absolute atomic E-state index is 13.1. The van der Waals surface area contributed by atoms with E-state index < -0.39 is 24.2 Å². The van der Waals surface area contributed by atoms with E-state index in [2.05, 4.69) is 4.98 Å². The first-order valence-corrected chi connectivity index (χ1v) is 7.43. The number of Topliss-reactive ketones (excluding diaryl/α,β-unsaturated/α-hetero) is 2. The van der Waals surface area contributed by atoms with Crippen molar-refractivity contribution in [3.63, 3.8) is 0 Å². The van der Waals surface area contributed by atoms with Gasteiger partial charge in [-0.3, -0.25) is 14.4 Å². The van der Waals surface area contributed by atoms with Crippen LogP contribution in [0, 0.1) is 19.7 Å². The Hall–Kier alpha value is -2.76. The van der Waals surface area contributed by atoms with Crippen molar-refractivity contribution < 1.29 is 23.5 Å². The Morgan fingerprint density at radius 3 is 2.50 bits per heavy atom. The highest BCUT2D eigenvalue weighted by Gasteiger charge is 2.20. The minimum Gasteiger partial charge on any atom is -0.457 e. The third-order valence-corrected chi connectivity index (χ3v) is 3.67. The van der Waals surface area contributed by atoms with Gasteiger partial charge in [0.1, 0.15) is 5.82 Å². The van der Waals surface area contributed by atoms with E-state index in [1.807, 2.05) is 0 Å². The third kappa shape index (κ3) is 3.95. The molecule has 1 heterocycles. The minimum absolute atomic E-state index is 0.119. The lowest BCUT2D eigenvalue weighted by molar-refractivity contribution is -0.141. The lowest BCUT2D eigenvalue weighted by atomic mass is 10.1. The lowest BCUT2D eigenvalue weighted by Crippen LogP contribution is -2.16. The molecule has 126 valence electrons. The van der Waals surface area contributed by atoms with Crippen LogP contribution in [-0.2, 0) is 16.0 Å². The van der Waals surface area contributed by atoms with Crippen LogP contribution in [0.25, 0.3) is 0 Å². The normalized spacial score (nSPS) is 10.5. The summed E-state index contributed by atoms with van der Waals surface area (Å²) in [6, 6.07) is 5.61. The molecule has 0 unspecified atom stereocenters. The Bertz CT molecular complexity index is 807. The smallest absolute Gasteiger partial charge is 0.310 e.